The van der Waals surface area contributed by atoms with Gasteiger partial charge in [-0.05, 0) is 63.4 Å². The molecule has 0 unspecified atom stereocenters. The molecular weight excluding hydrogens is 313 g/mol. The van der Waals surface area contributed by atoms with Crippen LogP contribution in [0.3, 0.4) is 0 Å². The Morgan fingerprint density at radius 2 is 2.04 bits per heavy atom. The lowest BCUT2D eigenvalue weighted by atomic mass is 9.71. The molecular formula is C22H28FNO. The van der Waals surface area contributed by atoms with Gasteiger partial charge in [0.2, 0.25) is 5.91 Å². The van der Waals surface area contributed by atoms with E-state index in [1.54, 1.807) is 23.8 Å². The van der Waals surface area contributed by atoms with Gasteiger partial charge in [0.15, 0.2) is 0 Å². The van der Waals surface area contributed by atoms with Crippen LogP contribution in [0.4, 0.5) is 4.39 Å². The summed E-state index contributed by atoms with van der Waals surface area (Å²) in [5, 5.41) is 2.85. The first kappa shape index (κ1) is 17.9. The molecule has 0 bridgehead atoms. The molecule has 2 nitrogen and oxygen atoms in total. The predicted octanol–water partition coefficient (Wildman–Crippen LogP) is 5.16. The van der Waals surface area contributed by atoms with Crippen molar-refractivity contribution in [1.82, 2.24) is 5.32 Å². The second kappa shape index (κ2) is 7.55. The average Bonchev–Trinajstić information content (AvgIpc) is 2.99. The summed E-state index contributed by atoms with van der Waals surface area (Å²) < 4.78 is 13.7. The van der Waals surface area contributed by atoms with Gasteiger partial charge in [0, 0.05) is 17.7 Å². The van der Waals surface area contributed by atoms with E-state index in [4.69, 9.17) is 0 Å². The summed E-state index contributed by atoms with van der Waals surface area (Å²) in [5.41, 5.74) is 4.36. The highest BCUT2D eigenvalue weighted by Gasteiger charge is 2.36. The molecule has 0 radical (unpaired) electrons. The van der Waals surface area contributed by atoms with Crippen LogP contribution in [0, 0.1) is 23.6 Å². The van der Waals surface area contributed by atoms with E-state index in [9.17, 15) is 9.18 Å². The lowest BCUT2D eigenvalue weighted by Gasteiger charge is -2.34. The Morgan fingerprint density at radius 3 is 2.80 bits per heavy atom. The molecule has 0 spiro atoms. The van der Waals surface area contributed by atoms with Gasteiger partial charge in [-0.25, -0.2) is 4.39 Å². The van der Waals surface area contributed by atoms with Crippen molar-refractivity contribution in [2.24, 2.45) is 17.8 Å². The second-order valence-electron chi connectivity index (χ2n) is 7.67. The fourth-order valence-corrected chi connectivity index (χ4v) is 4.48. The maximum absolute atomic E-state index is 13.7. The predicted molar refractivity (Wildman–Crippen MR) is 99.3 cm³/mol. The van der Waals surface area contributed by atoms with Gasteiger partial charge in [-0.1, -0.05) is 42.3 Å². The number of carbonyl (C=O) groups excluding carboxylic acids is 1. The van der Waals surface area contributed by atoms with Crippen LogP contribution < -0.4 is 5.32 Å². The minimum absolute atomic E-state index is 0.102. The minimum Gasteiger partial charge on any atom is -0.348 e. The smallest absolute Gasteiger partial charge is 0.246 e. The average molecular weight is 341 g/mol. The Bertz CT molecular complexity index is 718. The standard InChI is InChI=1S/C22H28FNO/c1-14-8-10-17(21-15(2)9-11-19(14)21)12-16(3)22(25)24-13-18-6-4-5-7-20(18)23/h4-7,12,14,17,19H,8-11,13H2,1-3H3,(H,24,25)/b16-12+/t14-,17+,19-/m1/s1. The topological polar surface area (TPSA) is 29.1 Å². The molecule has 1 aromatic carbocycles. The maximum atomic E-state index is 13.7. The SMILES string of the molecule is CC1=C2[C@H](/C=C(\C)C(=O)NCc3ccccc3F)CC[C@@H](C)[C@H]2CC1. The van der Waals surface area contributed by atoms with Crippen molar-refractivity contribution in [1.29, 1.82) is 0 Å². The monoisotopic (exact) mass is 341 g/mol. The van der Waals surface area contributed by atoms with E-state index in [0.29, 0.717) is 17.4 Å². The molecule has 1 amide bonds. The zero-order valence-electron chi connectivity index (χ0n) is 15.4. The lowest BCUT2D eigenvalue weighted by molar-refractivity contribution is -0.117. The van der Waals surface area contributed by atoms with Gasteiger partial charge in [0.25, 0.3) is 0 Å². The maximum Gasteiger partial charge on any atom is 0.246 e. The number of allylic oxidation sites excluding steroid dienone is 3. The molecule has 0 aliphatic heterocycles. The van der Waals surface area contributed by atoms with Crippen LogP contribution in [0.5, 0.6) is 0 Å². The first-order valence-electron chi connectivity index (χ1n) is 9.37. The highest BCUT2D eigenvalue weighted by molar-refractivity contribution is 5.92. The molecule has 3 rings (SSSR count). The van der Waals surface area contributed by atoms with E-state index < -0.39 is 0 Å². The van der Waals surface area contributed by atoms with Crippen molar-refractivity contribution in [3.05, 3.63) is 58.4 Å². The van der Waals surface area contributed by atoms with Gasteiger partial charge < -0.3 is 5.32 Å². The zero-order valence-corrected chi connectivity index (χ0v) is 15.4. The molecule has 25 heavy (non-hydrogen) atoms. The molecule has 134 valence electrons. The normalized spacial score (nSPS) is 26.6. The molecule has 1 fully saturated rings. The van der Waals surface area contributed by atoms with E-state index in [1.807, 2.05) is 6.92 Å². The van der Waals surface area contributed by atoms with E-state index >= 15 is 0 Å². The number of rotatable bonds is 4. The molecule has 1 aromatic rings. The molecule has 2 aliphatic rings. The number of benzene rings is 1. The Balaban J connectivity index is 1.67. The fourth-order valence-electron chi connectivity index (χ4n) is 4.48. The first-order valence-corrected chi connectivity index (χ1v) is 9.37. The largest absolute Gasteiger partial charge is 0.348 e. The van der Waals surface area contributed by atoms with Crippen LogP contribution in [0.15, 0.2) is 47.1 Å². The quantitative estimate of drug-likeness (QED) is 0.595. The van der Waals surface area contributed by atoms with Crippen molar-refractivity contribution in [2.75, 3.05) is 0 Å². The number of halogens is 1. The van der Waals surface area contributed by atoms with Gasteiger partial charge in [-0.2, -0.15) is 0 Å². The van der Waals surface area contributed by atoms with Crippen molar-refractivity contribution in [3.63, 3.8) is 0 Å². The third-order valence-corrected chi connectivity index (χ3v) is 5.95. The van der Waals surface area contributed by atoms with Gasteiger partial charge in [-0.15, -0.1) is 0 Å². The van der Waals surface area contributed by atoms with E-state index in [2.05, 4.69) is 25.2 Å². The lowest BCUT2D eigenvalue weighted by Crippen LogP contribution is -2.26. The number of amides is 1. The Labute approximate surface area is 150 Å². The summed E-state index contributed by atoms with van der Waals surface area (Å²) in [6.07, 6.45) is 6.97. The molecule has 0 saturated heterocycles. The highest BCUT2D eigenvalue weighted by atomic mass is 19.1. The molecule has 3 atom stereocenters. The summed E-state index contributed by atoms with van der Waals surface area (Å²) in [4.78, 5) is 12.4. The Hall–Kier alpha value is -1.90. The summed E-state index contributed by atoms with van der Waals surface area (Å²) in [6.45, 7) is 6.70. The van der Waals surface area contributed by atoms with E-state index in [-0.39, 0.29) is 18.3 Å². The van der Waals surface area contributed by atoms with Crippen molar-refractivity contribution in [3.8, 4) is 0 Å². The van der Waals surface area contributed by atoms with Gasteiger partial charge in [0.1, 0.15) is 5.82 Å². The van der Waals surface area contributed by atoms with Crippen LogP contribution >= 0.6 is 0 Å². The number of hydrogen-bond acceptors (Lipinski definition) is 1. The fraction of sp³-hybridized carbons (Fsp3) is 0.500. The second-order valence-corrected chi connectivity index (χ2v) is 7.67. The van der Waals surface area contributed by atoms with Crippen molar-refractivity contribution < 1.29 is 9.18 Å². The van der Waals surface area contributed by atoms with E-state index in [0.717, 1.165) is 17.9 Å². The summed E-state index contributed by atoms with van der Waals surface area (Å²) in [7, 11) is 0. The van der Waals surface area contributed by atoms with E-state index in [1.165, 1.54) is 30.9 Å². The molecule has 1 N–H and O–H groups in total. The summed E-state index contributed by atoms with van der Waals surface area (Å²) in [6, 6.07) is 6.56. The van der Waals surface area contributed by atoms with Gasteiger partial charge in [0.05, 0.1) is 0 Å². The van der Waals surface area contributed by atoms with Crippen LogP contribution in [0.2, 0.25) is 0 Å². The van der Waals surface area contributed by atoms with Crippen LogP contribution in [0.25, 0.3) is 0 Å². The van der Waals surface area contributed by atoms with Crippen molar-refractivity contribution >= 4 is 5.91 Å². The van der Waals surface area contributed by atoms with Crippen LogP contribution in [0.1, 0.15) is 52.0 Å². The first-order chi connectivity index (χ1) is 12.0. The summed E-state index contributed by atoms with van der Waals surface area (Å²) >= 11 is 0. The Kier molecular flexibility index (Phi) is 5.41. The molecule has 1 saturated carbocycles. The van der Waals surface area contributed by atoms with Gasteiger partial charge >= 0.3 is 0 Å². The number of nitrogens with one attached hydrogen (secondary N) is 1. The third kappa shape index (κ3) is 3.86. The summed E-state index contributed by atoms with van der Waals surface area (Å²) in [5.74, 6) is 1.47. The molecule has 0 aromatic heterocycles. The van der Waals surface area contributed by atoms with Crippen LogP contribution in [-0.2, 0) is 11.3 Å². The van der Waals surface area contributed by atoms with Crippen LogP contribution in [-0.4, -0.2) is 5.91 Å². The van der Waals surface area contributed by atoms with Crippen molar-refractivity contribution in [2.45, 2.75) is 53.0 Å². The molecule has 3 heteroatoms. The third-order valence-electron chi connectivity index (χ3n) is 5.95. The number of fused-ring (bicyclic) bond motifs is 1. The van der Waals surface area contributed by atoms with Gasteiger partial charge in [-0.3, -0.25) is 4.79 Å². The zero-order chi connectivity index (χ0) is 18.0. The number of hydrogen-bond donors (Lipinski definition) is 1. The number of carbonyl (C=O) groups is 1. The molecule has 2 aliphatic carbocycles. The Morgan fingerprint density at radius 1 is 1.28 bits per heavy atom. The molecule has 0 heterocycles. The highest BCUT2D eigenvalue weighted by Crippen LogP contribution is 2.48. The minimum atomic E-state index is -0.278.